The molecule has 0 spiro atoms. The highest BCUT2D eigenvalue weighted by Crippen LogP contribution is 2.12. The molecule has 0 bridgehead atoms. The smallest absolute Gasteiger partial charge is 0.227 e. The van der Waals surface area contributed by atoms with Crippen molar-refractivity contribution >= 4 is 5.82 Å². The molecule has 0 amide bonds. The van der Waals surface area contributed by atoms with Gasteiger partial charge in [0.1, 0.15) is 12.5 Å². The maximum absolute atomic E-state index is 4.99. The number of rotatable bonds is 1. The van der Waals surface area contributed by atoms with Gasteiger partial charge in [-0.15, -0.1) is 0 Å². The molecule has 5 heteroatoms. The first kappa shape index (κ1) is 5.28. The van der Waals surface area contributed by atoms with Crippen LogP contribution in [0.15, 0.2) is 23.2 Å². The van der Waals surface area contributed by atoms with Gasteiger partial charge in [-0.1, -0.05) is 5.16 Å². The zero-order valence-corrected chi connectivity index (χ0v) is 5.10. The summed E-state index contributed by atoms with van der Waals surface area (Å²) in [4.78, 5) is 4.99. The molecule has 0 N–H and O–H groups in total. The monoisotopic (exact) mass is 139 g/mol. The van der Waals surface area contributed by atoms with Crippen molar-refractivity contribution in [1.29, 1.82) is 0 Å². The molecule has 2 rings (SSSR count). The van der Waals surface area contributed by atoms with Gasteiger partial charge < -0.3 is 4.84 Å². The Hall–Kier alpha value is -1.52. The Kier molecular flexibility index (Phi) is 1.06. The van der Waals surface area contributed by atoms with Gasteiger partial charge in [-0.3, -0.25) is 0 Å². The Morgan fingerprint density at radius 1 is 1.60 bits per heavy atom. The van der Waals surface area contributed by atoms with E-state index in [0.717, 1.165) is 0 Å². The average Bonchev–Trinajstić information content (AvgIpc) is 2.59. The van der Waals surface area contributed by atoms with Gasteiger partial charge in [-0.05, 0) is 11.2 Å². The number of hydrogen-bond donors (Lipinski definition) is 0. The molecule has 0 atom stereocenters. The van der Waals surface area contributed by atoms with Crippen LogP contribution >= 0.6 is 0 Å². The van der Waals surface area contributed by atoms with Crippen LogP contribution in [0.2, 0.25) is 0 Å². The second kappa shape index (κ2) is 2.02. The molecule has 0 radical (unpaired) electrons. The summed E-state index contributed by atoms with van der Waals surface area (Å²) >= 11 is 0. The summed E-state index contributed by atoms with van der Waals surface area (Å²) in [7, 11) is 0. The van der Waals surface area contributed by atoms with Crippen molar-refractivity contribution in [2.75, 3.05) is 11.6 Å². The van der Waals surface area contributed by atoms with Crippen LogP contribution in [0.1, 0.15) is 0 Å². The maximum Gasteiger partial charge on any atom is 0.227 e. The second-order valence-electron chi connectivity index (χ2n) is 1.80. The standard InChI is InChI=1S/C5H5N3O2/c1-2-8(9-3-1)5-4-6-10-7-5/h1,3-4H,2H2. The van der Waals surface area contributed by atoms with E-state index in [-0.39, 0.29) is 0 Å². The molecule has 1 aromatic rings. The first-order chi connectivity index (χ1) is 4.97. The van der Waals surface area contributed by atoms with Gasteiger partial charge in [0, 0.05) is 0 Å². The third-order valence-electron chi connectivity index (χ3n) is 1.16. The largest absolute Gasteiger partial charge is 0.386 e. The topological polar surface area (TPSA) is 51.4 Å². The van der Waals surface area contributed by atoms with E-state index in [1.807, 2.05) is 6.08 Å². The molecule has 1 aliphatic heterocycles. The maximum atomic E-state index is 4.99. The van der Waals surface area contributed by atoms with Crippen LogP contribution in [0.3, 0.4) is 0 Å². The molecule has 1 aromatic heterocycles. The van der Waals surface area contributed by atoms with Gasteiger partial charge in [0.05, 0.1) is 6.54 Å². The number of anilines is 1. The summed E-state index contributed by atoms with van der Waals surface area (Å²) in [5, 5.41) is 8.57. The fourth-order valence-corrected chi connectivity index (χ4v) is 0.715. The van der Waals surface area contributed by atoms with Crippen LogP contribution in [0.25, 0.3) is 0 Å². The van der Waals surface area contributed by atoms with Crippen molar-refractivity contribution < 1.29 is 9.47 Å². The molecular formula is C5H5N3O2. The predicted molar refractivity (Wildman–Crippen MR) is 31.9 cm³/mol. The zero-order valence-electron chi connectivity index (χ0n) is 5.10. The summed E-state index contributed by atoms with van der Waals surface area (Å²) in [6, 6.07) is 0. The lowest BCUT2D eigenvalue weighted by Crippen LogP contribution is -2.16. The SMILES string of the molecule is C1=CON(c2cnon2)C1. The molecule has 10 heavy (non-hydrogen) atoms. The molecule has 0 saturated carbocycles. The Morgan fingerprint density at radius 3 is 3.20 bits per heavy atom. The van der Waals surface area contributed by atoms with Crippen LogP contribution in [0, 0.1) is 0 Å². The van der Waals surface area contributed by atoms with Gasteiger partial charge >= 0.3 is 0 Å². The minimum atomic E-state index is 0.588. The Balaban J connectivity index is 2.14. The van der Waals surface area contributed by atoms with E-state index in [0.29, 0.717) is 12.4 Å². The van der Waals surface area contributed by atoms with E-state index in [9.17, 15) is 0 Å². The fraction of sp³-hybridized carbons (Fsp3) is 0.200. The summed E-state index contributed by atoms with van der Waals surface area (Å²) < 4.78 is 4.38. The van der Waals surface area contributed by atoms with Gasteiger partial charge in [-0.2, -0.15) is 5.06 Å². The number of hydrogen-bond acceptors (Lipinski definition) is 5. The normalized spacial score (nSPS) is 15.8. The van der Waals surface area contributed by atoms with Gasteiger partial charge in [-0.25, -0.2) is 4.63 Å². The molecule has 0 fully saturated rings. The van der Waals surface area contributed by atoms with Crippen molar-refractivity contribution in [2.45, 2.75) is 0 Å². The van der Waals surface area contributed by atoms with E-state index in [4.69, 9.17) is 4.84 Å². The lowest BCUT2D eigenvalue weighted by atomic mass is 10.6. The quantitative estimate of drug-likeness (QED) is 0.561. The van der Waals surface area contributed by atoms with Crippen molar-refractivity contribution in [3.63, 3.8) is 0 Å². The van der Waals surface area contributed by atoms with E-state index >= 15 is 0 Å². The molecule has 2 heterocycles. The van der Waals surface area contributed by atoms with Crippen LogP contribution in [-0.2, 0) is 4.84 Å². The molecule has 0 unspecified atom stereocenters. The van der Waals surface area contributed by atoms with E-state index < -0.39 is 0 Å². The Bertz CT molecular complexity index is 223. The highest BCUT2D eigenvalue weighted by atomic mass is 16.7. The molecule has 0 aromatic carbocycles. The summed E-state index contributed by atoms with van der Waals surface area (Å²) in [5.41, 5.74) is 0. The number of nitrogens with zero attached hydrogens (tertiary/aromatic N) is 3. The molecule has 52 valence electrons. The van der Waals surface area contributed by atoms with E-state index in [1.54, 1.807) is 11.3 Å². The van der Waals surface area contributed by atoms with Crippen molar-refractivity contribution in [3.05, 3.63) is 18.5 Å². The van der Waals surface area contributed by atoms with Crippen LogP contribution in [0.4, 0.5) is 5.82 Å². The first-order valence-electron chi connectivity index (χ1n) is 2.84. The van der Waals surface area contributed by atoms with Gasteiger partial charge in [0.25, 0.3) is 0 Å². The Labute approximate surface area is 56.8 Å². The highest BCUT2D eigenvalue weighted by Gasteiger charge is 2.11. The lowest BCUT2D eigenvalue weighted by Gasteiger charge is -2.09. The average molecular weight is 139 g/mol. The van der Waals surface area contributed by atoms with Crippen LogP contribution in [-0.4, -0.2) is 16.9 Å². The summed E-state index contributed by atoms with van der Waals surface area (Å²) in [5.74, 6) is 0.588. The molecule has 0 aliphatic carbocycles. The Morgan fingerprint density at radius 2 is 2.60 bits per heavy atom. The van der Waals surface area contributed by atoms with Gasteiger partial charge in [0.15, 0.2) is 0 Å². The highest BCUT2D eigenvalue weighted by molar-refractivity contribution is 5.32. The predicted octanol–water partition coefficient (Wildman–Crippen LogP) is 0.335. The van der Waals surface area contributed by atoms with E-state index in [2.05, 4.69) is 14.9 Å². The van der Waals surface area contributed by atoms with Gasteiger partial charge in [0.2, 0.25) is 5.82 Å². The van der Waals surface area contributed by atoms with Crippen molar-refractivity contribution in [2.24, 2.45) is 0 Å². The fourth-order valence-electron chi connectivity index (χ4n) is 0.715. The van der Waals surface area contributed by atoms with Crippen molar-refractivity contribution in [1.82, 2.24) is 10.3 Å². The minimum Gasteiger partial charge on any atom is -0.386 e. The molecule has 5 nitrogen and oxygen atoms in total. The van der Waals surface area contributed by atoms with Crippen molar-refractivity contribution in [3.8, 4) is 0 Å². The number of hydroxylamine groups is 1. The third kappa shape index (κ3) is 0.717. The molecular weight excluding hydrogens is 134 g/mol. The first-order valence-corrected chi connectivity index (χ1v) is 2.84. The molecule has 0 saturated heterocycles. The molecule has 1 aliphatic rings. The third-order valence-corrected chi connectivity index (χ3v) is 1.16. The summed E-state index contributed by atoms with van der Waals surface area (Å²) in [6.45, 7) is 0.689. The zero-order chi connectivity index (χ0) is 6.81. The second-order valence-corrected chi connectivity index (χ2v) is 1.80. The number of aromatic nitrogens is 2. The van der Waals surface area contributed by atoms with Crippen LogP contribution < -0.4 is 5.06 Å². The van der Waals surface area contributed by atoms with E-state index in [1.165, 1.54) is 6.20 Å². The lowest BCUT2D eigenvalue weighted by molar-refractivity contribution is 0.235. The minimum absolute atomic E-state index is 0.588. The van der Waals surface area contributed by atoms with Crippen LogP contribution in [0.5, 0.6) is 0 Å². The summed E-state index contributed by atoms with van der Waals surface area (Å²) in [6.07, 6.45) is 4.95.